The Morgan fingerprint density at radius 1 is 1.27 bits per heavy atom. The highest BCUT2D eigenvalue weighted by molar-refractivity contribution is 6.76. The molecular weight excluding hydrogens is 296 g/mol. The van der Waals surface area contributed by atoms with Gasteiger partial charge in [0.05, 0.1) is 19.3 Å². The summed E-state index contributed by atoms with van der Waals surface area (Å²) in [4.78, 5) is 11.8. The molecule has 0 saturated heterocycles. The van der Waals surface area contributed by atoms with Gasteiger partial charge in [-0.3, -0.25) is 0 Å². The third-order valence-corrected chi connectivity index (χ3v) is 4.82. The zero-order valence-electron chi connectivity index (χ0n) is 15.2. The Labute approximate surface area is 136 Å². The third-order valence-electron chi connectivity index (χ3n) is 3.35. The fraction of sp³-hybridized carbons (Fsp3) is 0.706. The van der Waals surface area contributed by atoms with Crippen molar-refractivity contribution in [2.45, 2.75) is 59.0 Å². The molecule has 0 aromatic carbocycles. The van der Waals surface area contributed by atoms with Crippen LogP contribution in [0.4, 0.5) is 0 Å². The third kappa shape index (κ3) is 8.51. The van der Waals surface area contributed by atoms with Crippen LogP contribution in [-0.2, 0) is 14.3 Å². The van der Waals surface area contributed by atoms with Gasteiger partial charge in [0.1, 0.15) is 0 Å². The van der Waals surface area contributed by atoms with Crippen molar-refractivity contribution in [3.05, 3.63) is 22.8 Å². The van der Waals surface area contributed by atoms with Gasteiger partial charge in [-0.2, -0.15) is 0 Å². The number of hydrogen-bond donors (Lipinski definition) is 1. The van der Waals surface area contributed by atoms with Crippen molar-refractivity contribution in [1.82, 2.24) is 0 Å². The first-order chi connectivity index (χ1) is 10.1. The molecule has 1 atom stereocenters. The molecule has 5 heteroatoms. The second-order valence-corrected chi connectivity index (χ2v) is 12.4. The smallest absolute Gasteiger partial charge is 0.330 e. The van der Waals surface area contributed by atoms with Crippen LogP contribution in [0, 0.1) is 0 Å². The second kappa shape index (κ2) is 9.97. The van der Waals surface area contributed by atoms with Crippen molar-refractivity contribution in [2.75, 3.05) is 20.3 Å². The van der Waals surface area contributed by atoms with Crippen LogP contribution in [-0.4, -0.2) is 45.6 Å². The number of allylic oxidation sites excluding steroid dienone is 1. The number of ether oxygens (including phenoxy) is 2. The van der Waals surface area contributed by atoms with Crippen molar-refractivity contribution in [1.29, 1.82) is 0 Å². The SMILES string of the molecule is CCOC(=O)/C=C(/C[Si](C)(C)C)[C@H](CC(CO)=C(C)C)OC. The van der Waals surface area contributed by atoms with Gasteiger partial charge < -0.3 is 14.6 Å². The number of hydrogen-bond acceptors (Lipinski definition) is 4. The molecule has 0 spiro atoms. The average molecular weight is 329 g/mol. The molecule has 0 aliphatic carbocycles. The fourth-order valence-corrected chi connectivity index (χ4v) is 3.78. The molecule has 0 aliphatic rings. The lowest BCUT2D eigenvalue weighted by atomic mass is 9.99. The summed E-state index contributed by atoms with van der Waals surface area (Å²) in [5.41, 5.74) is 3.01. The minimum absolute atomic E-state index is 0.0157. The molecule has 0 unspecified atom stereocenters. The molecular formula is C17H32O4Si. The van der Waals surface area contributed by atoms with Gasteiger partial charge in [0, 0.05) is 27.7 Å². The summed E-state index contributed by atoms with van der Waals surface area (Å²) < 4.78 is 10.7. The lowest BCUT2D eigenvalue weighted by Gasteiger charge is -2.25. The van der Waals surface area contributed by atoms with E-state index in [0.29, 0.717) is 13.0 Å². The van der Waals surface area contributed by atoms with E-state index in [4.69, 9.17) is 9.47 Å². The van der Waals surface area contributed by atoms with Gasteiger partial charge in [-0.15, -0.1) is 0 Å². The largest absolute Gasteiger partial charge is 0.463 e. The number of carbonyl (C=O) groups is 1. The highest BCUT2D eigenvalue weighted by atomic mass is 28.3. The number of rotatable bonds is 9. The summed E-state index contributed by atoms with van der Waals surface area (Å²) in [7, 11) is 0.235. The topological polar surface area (TPSA) is 55.8 Å². The molecule has 0 radical (unpaired) electrons. The lowest BCUT2D eigenvalue weighted by Crippen LogP contribution is -2.27. The summed E-state index contributed by atoms with van der Waals surface area (Å²) in [6.45, 7) is 12.9. The molecule has 0 rings (SSSR count). The molecule has 0 fully saturated rings. The van der Waals surface area contributed by atoms with Gasteiger partial charge in [0.2, 0.25) is 0 Å². The van der Waals surface area contributed by atoms with E-state index >= 15 is 0 Å². The quantitative estimate of drug-likeness (QED) is 0.304. The first-order valence-electron chi connectivity index (χ1n) is 7.80. The van der Waals surface area contributed by atoms with Crippen molar-refractivity contribution >= 4 is 14.0 Å². The van der Waals surface area contributed by atoms with Crippen molar-refractivity contribution in [2.24, 2.45) is 0 Å². The Hall–Kier alpha value is -0.913. The molecule has 128 valence electrons. The summed E-state index contributed by atoms with van der Waals surface area (Å²) in [5, 5.41) is 9.51. The van der Waals surface area contributed by atoms with Crippen molar-refractivity contribution < 1.29 is 19.4 Å². The van der Waals surface area contributed by atoms with Gasteiger partial charge in [0.25, 0.3) is 0 Å². The highest BCUT2D eigenvalue weighted by Crippen LogP contribution is 2.26. The van der Waals surface area contributed by atoms with Gasteiger partial charge >= 0.3 is 5.97 Å². The van der Waals surface area contributed by atoms with Gasteiger partial charge in [-0.05, 0) is 38.0 Å². The Morgan fingerprint density at radius 3 is 2.23 bits per heavy atom. The van der Waals surface area contributed by atoms with Crippen LogP contribution in [0.25, 0.3) is 0 Å². The maximum absolute atomic E-state index is 11.8. The summed E-state index contributed by atoms with van der Waals surface area (Å²) in [6.07, 6.45) is 1.98. The highest BCUT2D eigenvalue weighted by Gasteiger charge is 2.24. The number of carbonyl (C=O) groups excluding carboxylic acids is 1. The molecule has 0 amide bonds. The molecule has 1 N–H and O–H groups in total. The average Bonchev–Trinajstić information content (AvgIpc) is 2.37. The number of methoxy groups -OCH3 is 1. The van der Waals surface area contributed by atoms with Gasteiger partial charge in [-0.25, -0.2) is 4.79 Å². The predicted molar refractivity (Wildman–Crippen MR) is 93.7 cm³/mol. The van der Waals surface area contributed by atoms with E-state index < -0.39 is 8.07 Å². The summed E-state index contributed by atoms with van der Waals surface area (Å²) in [6, 6.07) is 0.867. The van der Waals surface area contributed by atoms with Crippen molar-refractivity contribution in [3.8, 4) is 0 Å². The van der Waals surface area contributed by atoms with Crippen LogP contribution in [0.3, 0.4) is 0 Å². The molecule has 0 saturated carbocycles. The van der Waals surface area contributed by atoms with Gasteiger partial charge in [-0.1, -0.05) is 25.2 Å². The van der Waals surface area contributed by atoms with Crippen LogP contribution < -0.4 is 0 Å². The van der Waals surface area contributed by atoms with E-state index in [2.05, 4.69) is 19.6 Å². The van der Waals surface area contributed by atoms with E-state index in [-0.39, 0.29) is 18.7 Å². The molecule has 4 nitrogen and oxygen atoms in total. The standard InChI is InChI=1S/C17H32O4Si/c1-8-21-17(19)10-15(12-22(5,6)7)16(20-4)9-14(11-18)13(2)3/h10,16,18H,8-9,11-12H2,1-7H3/b15-10-/t16-/m0/s1. The summed E-state index contributed by atoms with van der Waals surface area (Å²) >= 11 is 0. The first-order valence-corrected chi connectivity index (χ1v) is 11.5. The van der Waals surface area contributed by atoms with E-state index in [9.17, 15) is 9.90 Å². The van der Waals surface area contributed by atoms with E-state index in [1.54, 1.807) is 20.1 Å². The number of esters is 1. The Bertz CT molecular complexity index is 415. The van der Waals surface area contributed by atoms with E-state index in [1.165, 1.54) is 0 Å². The van der Waals surface area contributed by atoms with Crippen molar-refractivity contribution in [3.63, 3.8) is 0 Å². The molecule has 0 aliphatic heterocycles. The maximum atomic E-state index is 11.8. The monoisotopic (exact) mass is 328 g/mol. The molecule has 0 bridgehead atoms. The summed E-state index contributed by atoms with van der Waals surface area (Å²) in [5.74, 6) is -0.319. The first kappa shape index (κ1) is 21.1. The van der Waals surface area contributed by atoms with Crippen LogP contribution in [0.2, 0.25) is 25.7 Å². The van der Waals surface area contributed by atoms with E-state index in [1.807, 2.05) is 13.8 Å². The molecule has 0 heterocycles. The number of aliphatic hydroxyl groups is 1. The van der Waals surface area contributed by atoms with Crippen LogP contribution >= 0.6 is 0 Å². The zero-order chi connectivity index (χ0) is 17.3. The van der Waals surface area contributed by atoms with E-state index in [0.717, 1.165) is 22.8 Å². The lowest BCUT2D eigenvalue weighted by molar-refractivity contribution is -0.137. The second-order valence-electron chi connectivity index (χ2n) is 6.90. The normalized spacial score (nSPS) is 13.7. The minimum atomic E-state index is -1.41. The van der Waals surface area contributed by atoms with Crippen LogP contribution in [0.1, 0.15) is 27.2 Å². The van der Waals surface area contributed by atoms with Gasteiger partial charge in [0.15, 0.2) is 0 Å². The van der Waals surface area contributed by atoms with Crippen LogP contribution in [0.15, 0.2) is 22.8 Å². The molecule has 0 aromatic rings. The minimum Gasteiger partial charge on any atom is -0.463 e. The zero-order valence-corrected chi connectivity index (χ0v) is 16.2. The Morgan fingerprint density at radius 2 is 1.86 bits per heavy atom. The Kier molecular flexibility index (Phi) is 9.56. The molecule has 0 aromatic heterocycles. The maximum Gasteiger partial charge on any atom is 0.330 e. The molecule has 22 heavy (non-hydrogen) atoms. The van der Waals surface area contributed by atoms with Crippen LogP contribution in [0.5, 0.6) is 0 Å². The predicted octanol–water partition coefficient (Wildman–Crippen LogP) is 3.55. The Balaban J connectivity index is 5.42. The number of aliphatic hydroxyl groups excluding tert-OH is 1. The fourth-order valence-electron chi connectivity index (χ4n) is 2.22.